The quantitative estimate of drug-likeness (QED) is 0.534. The van der Waals surface area contributed by atoms with Gasteiger partial charge in [0, 0.05) is 24.5 Å². The second kappa shape index (κ2) is 7.19. The lowest BCUT2D eigenvalue weighted by Crippen LogP contribution is -2.32. The number of anilines is 2. The Bertz CT molecular complexity index is 585. The molecule has 114 valence electrons. The Morgan fingerprint density at radius 1 is 1.29 bits per heavy atom. The first-order chi connectivity index (χ1) is 10.2. The zero-order valence-electron chi connectivity index (χ0n) is 12.9. The maximum Gasteiger partial charge on any atom is 0.239 e. The van der Waals surface area contributed by atoms with Gasteiger partial charge < -0.3 is 10.2 Å². The van der Waals surface area contributed by atoms with Crippen molar-refractivity contribution < 1.29 is 0 Å². The first-order valence-electron chi connectivity index (χ1n) is 7.33. The average Bonchev–Trinajstić information content (AvgIpc) is 2.53. The summed E-state index contributed by atoms with van der Waals surface area (Å²) in [6.45, 7) is 6.22. The third-order valence-electron chi connectivity index (χ3n) is 3.83. The first kappa shape index (κ1) is 15.5. The normalized spacial score (nSPS) is 12.6. The van der Waals surface area contributed by atoms with E-state index in [1.165, 1.54) is 0 Å². The zero-order chi connectivity index (χ0) is 15.2. The number of benzene rings is 1. The van der Waals surface area contributed by atoms with Crippen molar-refractivity contribution in [1.29, 1.82) is 0 Å². The number of rotatable bonds is 7. The lowest BCUT2D eigenvalue weighted by atomic mass is 10.2. The lowest BCUT2D eigenvalue weighted by molar-refractivity contribution is 0.261. The molecule has 2 rings (SSSR count). The van der Waals surface area contributed by atoms with E-state index in [1.54, 1.807) is 0 Å². The summed E-state index contributed by atoms with van der Waals surface area (Å²) in [4.78, 5) is 11.1. The topological polar surface area (TPSA) is 79.1 Å². The van der Waals surface area contributed by atoms with Crippen molar-refractivity contribution in [3.05, 3.63) is 24.3 Å². The molecule has 0 aliphatic rings. The minimum absolute atomic E-state index is 0.423. The summed E-state index contributed by atoms with van der Waals surface area (Å²) in [5, 5.41) is 4.39. The van der Waals surface area contributed by atoms with Crippen molar-refractivity contribution in [3.8, 4) is 0 Å². The number of nitrogen functional groups attached to an aromatic ring is 1. The van der Waals surface area contributed by atoms with Crippen LogP contribution >= 0.6 is 0 Å². The molecule has 4 N–H and O–H groups in total. The predicted octanol–water partition coefficient (Wildman–Crippen LogP) is 2.06. The molecule has 0 saturated carbocycles. The Morgan fingerprint density at radius 2 is 2.05 bits per heavy atom. The van der Waals surface area contributed by atoms with E-state index in [-0.39, 0.29) is 0 Å². The number of hydrogen-bond donors (Lipinski definition) is 3. The van der Waals surface area contributed by atoms with Gasteiger partial charge in [0.1, 0.15) is 5.82 Å². The van der Waals surface area contributed by atoms with E-state index in [9.17, 15) is 0 Å². The summed E-state index contributed by atoms with van der Waals surface area (Å²) in [7, 11) is 2.14. The maximum absolute atomic E-state index is 5.43. The Hall–Kier alpha value is -1.92. The Kier molecular flexibility index (Phi) is 5.30. The van der Waals surface area contributed by atoms with Crippen LogP contribution in [-0.4, -0.2) is 41.0 Å². The van der Waals surface area contributed by atoms with Gasteiger partial charge in [-0.05, 0) is 32.5 Å². The van der Waals surface area contributed by atoms with Gasteiger partial charge in [-0.25, -0.2) is 10.8 Å². The summed E-state index contributed by atoms with van der Waals surface area (Å²) in [6.07, 6.45) is 1.15. The molecule has 21 heavy (non-hydrogen) atoms. The molecule has 1 unspecified atom stereocenters. The van der Waals surface area contributed by atoms with Gasteiger partial charge in [-0.1, -0.05) is 19.1 Å². The molecule has 6 nitrogen and oxygen atoms in total. The van der Waals surface area contributed by atoms with Crippen LogP contribution < -0.4 is 16.6 Å². The third-order valence-corrected chi connectivity index (χ3v) is 3.83. The Balaban J connectivity index is 2.10. The van der Waals surface area contributed by atoms with Crippen LogP contribution in [-0.2, 0) is 0 Å². The predicted molar refractivity (Wildman–Crippen MR) is 88.2 cm³/mol. The van der Waals surface area contributed by atoms with Crippen molar-refractivity contribution >= 4 is 22.7 Å². The molecule has 2 aromatic rings. The molecule has 1 aromatic heterocycles. The molecule has 1 aromatic carbocycles. The molecule has 0 amide bonds. The van der Waals surface area contributed by atoms with Gasteiger partial charge in [0.25, 0.3) is 0 Å². The number of hydrogen-bond acceptors (Lipinski definition) is 6. The monoisotopic (exact) mass is 288 g/mol. The van der Waals surface area contributed by atoms with Crippen LogP contribution in [0.25, 0.3) is 10.9 Å². The Labute approximate surface area is 125 Å². The van der Waals surface area contributed by atoms with Crippen LogP contribution in [0.2, 0.25) is 0 Å². The highest BCUT2D eigenvalue weighted by molar-refractivity contribution is 5.89. The zero-order valence-corrected chi connectivity index (χ0v) is 12.9. The van der Waals surface area contributed by atoms with Crippen LogP contribution in [0.1, 0.15) is 20.3 Å². The van der Waals surface area contributed by atoms with Gasteiger partial charge >= 0.3 is 0 Å². The van der Waals surface area contributed by atoms with Gasteiger partial charge in [-0.15, -0.1) is 0 Å². The summed E-state index contributed by atoms with van der Waals surface area (Å²) in [5.41, 5.74) is 3.39. The van der Waals surface area contributed by atoms with Crippen LogP contribution in [0.15, 0.2) is 24.3 Å². The van der Waals surface area contributed by atoms with Crippen molar-refractivity contribution in [2.75, 3.05) is 30.9 Å². The standard InChI is InChI=1S/C15H24N6/c1-4-11(2)21(3)10-9-17-14-12-7-5-6-8-13(12)18-15(19-14)20-16/h5-8,11H,4,9-10,16H2,1-3H3,(H2,17,18,19,20). The number of para-hydroxylation sites is 1. The molecular weight excluding hydrogens is 264 g/mol. The maximum atomic E-state index is 5.43. The molecule has 1 heterocycles. The minimum Gasteiger partial charge on any atom is -0.368 e. The fraction of sp³-hybridized carbons (Fsp3) is 0.467. The fourth-order valence-corrected chi connectivity index (χ4v) is 2.16. The van der Waals surface area contributed by atoms with Crippen molar-refractivity contribution in [2.45, 2.75) is 26.3 Å². The highest BCUT2D eigenvalue weighted by Crippen LogP contribution is 2.21. The van der Waals surface area contributed by atoms with Crippen molar-refractivity contribution in [1.82, 2.24) is 14.9 Å². The molecule has 0 bridgehead atoms. The second-order valence-corrected chi connectivity index (χ2v) is 5.22. The first-order valence-corrected chi connectivity index (χ1v) is 7.33. The van der Waals surface area contributed by atoms with Gasteiger partial charge in [0.2, 0.25) is 5.95 Å². The van der Waals surface area contributed by atoms with Gasteiger partial charge in [0.15, 0.2) is 0 Å². The van der Waals surface area contributed by atoms with Crippen molar-refractivity contribution in [3.63, 3.8) is 0 Å². The van der Waals surface area contributed by atoms with E-state index in [2.05, 4.69) is 46.5 Å². The van der Waals surface area contributed by atoms with Crippen LogP contribution in [0, 0.1) is 0 Å². The third kappa shape index (κ3) is 3.80. The lowest BCUT2D eigenvalue weighted by Gasteiger charge is -2.23. The van der Waals surface area contributed by atoms with Crippen molar-refractivity contribution in [2.24, 2.45) is 5.84 Å². The number of nitrogens with two attached hydrogens (primary N) is 1. The van der Waals surface area contributed by atoms with E-state index in [0.717, 1.165) is 36.2 Å². The van der Waals surface area contributed by atoms with Gasteiger partial charge in [-0.3, -0.25) is 5.43 Å². The number of hydrazine groups is 1. The smallest absolute Gasteiger partial charge is 0.239 e. The van der Waals surface area contributed by atoms with Gasteiger partial charge in [-0.2, -0.15) is 4.98 Å². The van der Waals surface area contributed by atoms with E-state index in [1.807, 2.05) is 24.3 Å². The molecule has 0 fully saturated rings. The molecule has 0 spiro atoms. The number of fused-ring (bicyclic) bond motifs is 1. The van der Waals surface area contributed by atoms with E-state index in [0.29, 0.717) is 12.0 Å². The van der Waals surface area contributed by atoms with Crippen LogP contribution in [0.3, 0.4) is 0 Å². The molecule has 0 radical (unpaired) electrons. The van der Waals surface area contributed by atoms with Crippen LogP contribution in [0.4, 0.5) is 11.8 Å². The average molecular weight is 288 g/mol. The largest absolute Gasteiger partial charge is 0.368 e. The Morgan fingerprint density at radius 3 is 2.76 bits per heavy atom. The number of nitrogens with one attached hydrogen (secondary N) is 2. The minimum atomic E-state index is 0.423. The van der Waals surface area contributed by atoms with E-state index in [4.69, 9.17) is 5.84 Å². The number of likely N-dealkylation sites (N-methyl/N-ethyl adjacent to an activating group) is 1. The summed E-state index contributed by atoms with van der Waals surface area (Å²) >= 11 is 0. The van der Waals surface area contributed by atoms with E-state index < -0.39 is 0 Å². The molecule has 0 aliphatic heterocycles. The number of nitrogens with zero attached hydrogens (tertiary/aromatic N) is 3. The highest BCUT2D eigenvalue weighted by Gasteiger charge is 2.08. The molecule has 0 saturated heterocycles. The summed E-state index contributed by atoms with van der Waals surface area (Å²) in [5.74, 6) is 6.67. The van der Waals surface area contributed by atoms with Crippen LogP contribution in [0.5, 0.6) is 0 Å². The summed E-state index contributed by atoms with van der Waals surface area (Å²) < 4.78 is 0. The molecule has 1 atom stereocenters. The number of aromatic nitrogens is 2. The summed E-state index contributed by atoms with van der Waals surface area (Å²) in [6, 6.07) is 8.48. The molecule has 6 heteroatoms. The second-order valence-electron chi connectivity index (χ2n) is 5.22. The van der Waals surface area contributed by atoms with E-state index >= 15 is 0 Å². The van der Waals surface area contributed by atoms with Gasteiger partial charge in [0.05, 0.1) is 5.52 Å². The highest BCUT2D eigenvalue weighted by atomic mass is 15.3. The molecule has 0 aliphatic carbocycles. The molecular formula is C15H24N6. The fourth-order valence-electron chi connectivity index (χ4n) is 2.16. The SMILES string of the molecule is CCC(C)N(C)CCNc1nc(NN)nc2ccccc12.